The van der Waals surface area contributed by atoms with E-state index >= 15 is 0 Å². The van der Waals surface area contributed by atoms with Crippen molar-refractivity contribution in [3.8, 4) is 0 Å². The molecule has 0 aliphatic carbocycles. The number of carbonyl (C=O) groups excluding carboxylic acids is 1. The molecule has 0 bridgehead atoms. The van der Waals surface area contributed by atoms with E-state index in [9.17, 15) is 25.0 Å². The summed E-state index contributed by atoms with van der Waals surface area (Å²) in [5, 5.41) is 24.5. The van der Waals surface area contributed by atoms with E-state index in [1.54, 1.807) is 0 Å². The van der Waals surface area contributed by atoms with Gasteiger partial charge in [0.1, 0.15) is 11.8 Å². The predicted octanol–water partition coefficient (Wildman–Crippen LogP) is 0.948. The number of primary amides is 1. The molecule has 0 saturated carbocycles. The maximum Gasteiger partial charge on any atom is 0.299 e. The molecule has 1 aliphatic heterocycles. The Morgan fingerprint density at radius 1 is 1.32 bits per heavy atom. The van der Waals surface area contributed by atoms with Crippen molar-refractivity contribution in [1.82, 2.24) is 0 Å². The topological polar surface area (TPSA) is 151 Å². The number of hydrogen-bond donors (Lipinski definition) is 2. The van der Waals surface area contributed by atoms with Crippen LogP contribution in [0.3, 0.4) is 0 Å². The monoisotopic (exact) mass is 310 g/mol. The molecule has 1 saturated heterocycles. The fraction of sp³-hybridized carbons (Fsp3) is 0.417. The maximum absolute atomic E-state index is 11.0. The lowest BCUT2D eigenvalue weighted by Gasteiger charge is -2.13. The molecule has 1 heterocycles. The van der Waals surface area contributed by atoms with E-state index < -0.39 is 27.5 Å². The summed E-state index contributed by atoms with van der Waals surface area (Å²) < 4.78 is 5.39. The van der Waals surface area contributed by atoms with Gasteiger partial charge in [-0.2, -0.15) is 0 Å². The fourth-order valence-electron chi connectivity index (χ4n) is 2.22. The Hall–Kier alpha value is -2.75. The van der Waals surface area contributed by atoms with E-state index in [4.69, 9.17) is 10.5 Å². The molecule has 1 amide bonds. The first-order valence-corrected chi connectivity index (χ1v) is 6.50. The molecule has 2 atom stereocenters. The Labute approximate surface area is 124 Å². The van der Waals surface area contributed by atoms with Crippen LogP contribution in [0.4, 0.5) is 17.1 Å². The van der Waals surface area contributed by atoms with E-state index in [1.165, 1.54) is 12.1 Å². The number of ether oxygens (including phenoxy) is 1. The number of anilines is 1. The van der Waals surface area contributed by atoms with Crippen molar-refractivity contribution < 1.29 is 19.4 Å². The summed E-state index contributed by atoms with van der Waals surface area (Å²) >= 11 is 0. The van der Waals surface area contributed by atoms with Gasteiger partial charge in [-0.05, 0) is 18.9 Å². The van der Waals surface area contributed by atoms with Crippen LogP contribution in [0.2, 0.25) is 0 Å². The van der Waals surface area contributed by atoms with E-state index in [-0.39, 0.29) is 24.0 Å². The second-order valence-electron chi connectivity index (χ2n) is 4.82. The molecule has 2 rings (SSSR count). The van der Waals surface area contributed by atoms with Crippen LogP contribution in [0, 0.1) is 20.2 Å². The number of benzene rings is 1. The highest BCUT2D eigenvalue weighted by Crippen LogP contribution is 2.29. The number of amides is 1. The fourth-order valence-corrected chi connectivity index (χ4v) is 2.22. The number of carbonyl (C=O) groups is 1. The maximum atomic E-state index is 11.0. The molecule has 0 radical (unpaired) electrons. The minimum Gasteiger partial charge on any atom is -0.377 e. The molecule has 1 aromatic rings. The molecule has 2 unspecified atom stereocenters. The summed E-state index contributed by atoms with van der Waals surface area (Å²) in [6, 6.07) is 3.35. The Morgan fingerprint density at radius 3 is 2.59 bits per heavy atom. The number of nitrogens with zero attached hydrogens (tertiary/aromatic N) is 2. The Balaban J connectivity index is 2.05. The molecular weight excluding hydrogens is 296 g/mol. The normalized spacial score (nSPS) is 20.5. The highest BCUT2D eigenvalue weighted by molar-refractivity contribution is 5.79. The van der Waals surface area contributed by atoms with Crippen molar-refractivity contribution in [3.05, 3.63) is 38.4 Å². The van der Waals surface area contributed by atoms with Gasteiger partial charge in [0.25, 0.3) is 11.4 Å². The lowest BCUT2D eigenvalue weighted by Crippen LogP contribution is -2.30. The van der Waals surface area contributed by atoms with Gasteiger partial charge < -0.3 is 15.8 Å². The first-order chi connectivity index (χ1) is 10.4. The minimum absolute atomic E-state index is 0.154. The second kappa shape index (κ2) is 6.35. The van der Waals surface area contributed by atoms with E-state index in [2.05, 4.69) is 5.32 Å². The van der Waals surface area contributed by atoms with Gasteiger partial charge in [0.15, 0.2) is 0 Å². The summed E-state index contributed by atoms with van der Waals surface area (Å²) in [6.07, 6.45) is 0.164. The van der Waals surface area contributed by atoms with Crippen LogP contribution in [0.15, 0.2) is 18.2 Å². The van der Waals surface area contributed by atoms with Crippen LogP contribution >= 0.6 is 0 Å². The molecule has 1 fully saturated rings. The van der Waals surface area contributed by atoms with E-state index in [1.807, 2.05) is 0 Å². The van der Waals surface area contributed by atoms with Gasteiger partial charge in [0.2, 0.25) is 5.91 Å². The molecule has 0 spiro atoms. The predicted molar refractivity (Wildman–Crippen MR) is 75.3 cm³/mol. The third-order valence-electron chi connectivity index (χ3n) is 3.33. The van der Waals surface area contributed by atoms with Crippen molar-refractivity contribution in [3.63, 3.8) is 0 Å². The molecule has 3 N–H and O–H groups in total. The Kier molecular flexibility index (Phi) is 4.51. The van der Waals surface area contributed by atoms with E-state index in [0.29, 0.717) is 12.8 Å². The first-order valence-electron chi connectivity index (χ1n) is 6.50. The van der Waals surface area contributed by atoms with Crippen molar-refractivity contribution >= 4 is 23.0 Å². The van der Waals surface area contributed by atoms with Gasteiger partial charge in [0.05, 0.1) is 22.0 Å². The van der Waals surface area contributed by atoms with Crippen LogP contribution in [0.25, 0.3) is 0 Å². The van der Waals surface area contributed by atoms with E-state index in [0.717, 1.165) is 6.07 Å². The number of non-ortho nitro benzene ring substituents is 1. The van der Waals surface area contributed by atoms with Crippen LogP contribution in [-0.4, -0.2) is 34.5 Å². The Bertz CT molecular complexity index is 620. The van der Waals surface area contributed by atoms with Gasteiger partial charge in [-0.1, -0.05) is 0 Å². The number of nitrogens with two attached hydrogens (primary N) is 1. The van der Waals surface area contributed by atoms with Crippen LogP contribution in [0.1, 0.15) is 12.8 Å². The molecule has 22 heavy (non-hydrogen) atoms. The van der Waals surface area contributed by atoms with Gasteiger partial charge in [-0.15, -0.1) is 0 Å². The summed E-state index contributed by atoms with van der Waals surface area (Å²) in [7, 11) is 0. The van der Waals surface area contributed by atoms with Gasteiger partial charge in [0, 0.05) is 12.6 Å². The zero-order valence-electron chi connectivity index (χ0n) is 11.4. The molecule has 1 aromatic carbocycles. The Morgan fingerprint density at radius 2 is 2.05 bits per heavy atom. The standard InChI is InChI=1S/C12H14N4O6/c13-12(17)11-4-2-8(22-11)6-14-9-3-1-7(15(18)19)5-10(9)16(20)21/h1,3,5,8,11,14H,2,4,6H2,(H2,13,17). The summed E-state index contributed by atoms with van der Waals surface area (Å²) in [6.45, 7) is 0.239. The molecule has 1 aliphatic rings. The third-order valence-corrected chi connectivity index (χ3v) is 3.33. The molecule has 10 nitrogen and oxygen atoms in total. The summed E-state index contributed by atoms with van der Waals surface area (Å²) in [4.78, 5) is 31.2. The van der Waals surface area contributed by atoms with Crippen molar-refractivity contribution in [2.24, 2.45) is 5.73 Å². The third kappa shape index (κ3) is 3.47. The SMILES string of the molecule is NC(=O)C1CCC(CNc2ccc([N+](=O)[O-])cc2[N+](=O)[O-])O1. The summed E-state index contributed by atoms with van der Waals surface area (Å²) in [5.74, 6) is -0.538. The number of nitro groups is 2. The molecule has 10 heteroatoms. The van der Waals surface area contributed by atoms with Gasteiger partial charge >= 0.3 is 0 Å². The number of nitrogens with one attached hydrogen (secondary N) is 1. The van der Waals surface area contributed by atoms with Crippen LogP contribution in [-0.2, 0) is 9.53 Å². The number of hydrogen-bond acceptors (Lipinski definition) is 7. The zero-order valence-corrected chi connectivity index (χ0v) is 11.4. The molecule has 0 aromatic heterocycles. The molecular formula is C12H14N4O6. The van der Waals surface area contributed by atoms with Crippen LogP contribution in [0.5, 0.6) is 0 Å². The van der Waals surface area contributed by atoms with Crippen LogP contribution < -0.4 is 11.1 Å². The first kappa shape index (κ1) is 15.6. The highest BCUT2D eigenvalue weighted by atomic mass is 16.6. The minimum atomic E-state index is -0.700. The van der Waals surface area contributed by atoms with Crippen molar-refractivity contribution in [2.45, 2.75) is 25.0 Å². The average molecular weight is 310 g/mol. The average Bonchev–Trinajstić information content (AvgIpc) is 2.93. The van der Waals surface area contributed by atoms with Crippen molar-refractivity contribution in [2.75, 3.05) is 11.9 Å². The molecule has 118 valence electrons. The second-order valence-corrected chi connectivity index (χ2v) is 4.82. The quantitative estimate of drug-likeness (QED) is 0.586. The van der Waals surface area contributed by atoms with Gasteiger partial charge in [-0.25, -0.2) is 0 Å². The van der Waals surface area contributed by atoms with Gasteiger partial charge in [-0.3, -0.25) is 25.0 Å². The lowest BCUT2D eigenvalue weighted by atomic mass is 10.2. The summed E-state index contributed by atoms with van der Waals surface area (Å²) in [5.41, 5.74) is 4.54. The number of rotatable bonds is 6. The van der Waals surface area contributed by atoms with Crippen molar-refractivity contribution in [1.29, 1.82) is 0 Å². The highest BCUT2D eigenvalue weighted by Gasteiger charge is 2.29. The number of nitro benzene ring substituents is 2. The zero-order chi connectivity index (χ0) is 16.3. The smallest absolute Gasteiger partial charge is 0.299 e. The lowest BCUT2D eigenvalue weighted by molar-refractivity contribution is -0.393. The largest absolute Gasteiger partial charge is 0.377 e.